The number of carbonyl (C=O) groups is 3. The van der Waals surface area contributed by atoms with E-state index in [-0.39, 0.29) is 31.1 Å². The van der Waals surface area contributed by atoms with E-state index in [1.54, 1.807) is 0 Å². The van der Waals surface area contributed by atoms with E-state index in [2.05, 4.69) is 45.1 Å². The summed E-state index contributed by atoms with van der Waals surface area (Å²) in [5.41, 5.74) is 0. The van der Waals surface area contributed by atoms with Crippen molar-refractivity contribution in [2.75, 3.05) is 13.2 Å². The van der Waals surface area contributed by atoms with Crippen LogP contribution in [0.2, 0.25) is 0 Å². The van der Waals surface area contributed by atoms with E-state index in [9.17, 15) is 14.4 Å². The molecule has 0 radical (unpaired) electrons. The molecule has 0 fully saturated rings. The van der Waals surface area contributed by atoms with E-state index in [0.717, 1.165) is 70.6 Å². The third kappa shape index (κ3) is 54.8. The van der Waals surface area contributed by atoms with Gasteiger partial charge >= 0.3 is 17.9 Å². The lowest BCUT2D eigenvalue weighted by Gasteiger charge is -2.18. The van der Waals surface area contributed by atoms with Crippen molar-refractivity contribution in [3.63, 3.8) is 0 Å². The van der Waals surface area contributed by atoms with Gasteiger partial charge in [-0.05, 0) is 70.6 Å². The van der Waals surface area contributed by atoms with Gasteiger partial charge in [-0.15, -0.1) is 0 Å². The topological polar surface area (TPSA) is 78.9 Å². The molecule has 0 saturated heterocycles. The predicted octanol–water partition coefficient (Wildman–Crippen LogP) is 20.3. The van der Waals surface area contributed by atoms with Crippen LogP contribution in [0.3, 0.4) is 0 Å². The zero-order valence-electron chi connectivity index (χ0n) is 45.9. The Balaban J connectivity index is 4.21. The van der Waals surface area contributed by atoms with Gasteiger partial charge in [0.15, 0.2) is 6.10 Å². The largest absolute Gasteiger partial charge is 0.462 e. The van der Waals surface area contributed by atoms with Gasteiger partial charge in [0.1, 0.15) is 13.2 Å². The molecule has 0 aliphatic carbocycles. The molecule has 1 atom stereocenters. The molecule has 0 N–H and O–H groups in total. The van der Waals surface area contributed by atoms with Gasteiger partial charge in [0.2, 0.25) is 0 Å². The van der Waals surface area contributed by atoms with Gasteiger partial charge in [0.25, 0.3) is 0 Å². The summed E-state index contributed by atoms with van der Waals surface area (Å²) in [6.45, 7) is 6.65. The van der Waals surface area contributed by atoms with E-state index in [1.807, 2.05) is 0 Å². The number of esters is 3. The number of carbonyl (C=O) groups excluding carboxylic acids is 3. The Labute approximate surface area is 423 Å². The number of hydrogen-bond donors (Lipinski definition) is 0. The maximum atomic E-state index is 12.8. The van der Waals surface area contributed by atoms with E-state index >= 15 is 0 Å². The van der Waals surface area contributed by atoms with Crippen molar-refractivity contribution < 1.29 is 28.6 Å². The quantitative estimate of drug-likeness (QED) is 0.0262. The van der Waals surface area contributed by atoms with Crippen LogP contribution in [0.1, 0.15) is 335 Å². The molecule has 0 heterocycles. The minimum atomic E-state index is -0.775. The maximum Gasteiger partial charge on any atom is 0.306 e. The number of hydrogen-bond acceptors (Lipinski definition) is 6. The van der Waals surface area contributed by atoms with Gasteiger partial charge in [-0.3, -0.25) is 14.4 Å². The molecule has 6 heteroatoms. The van der Waals surface area contributed by atoms with Gasteiger partial charge in [0, 0.05) is 19.3 Å². The molecule has 68 heavy (non-hydrogen) atoms. The summed E-state index contributed by atoms with van der Waals surface area (Å²) >= 11 is 0. The molecule has 0 bridgehead atoms. The highest BCUT2D eigenvalue weighted by Crippen LogP contribution is 2.17. The van der Waals surface area contributed by atoms with E-state index < -0.39 is 6.10 Å². The lowest BCUT2D eigenvalue weighted by atomic mass is 10.0. The normalized spacial score (nSPS) is 12.1. The summed E-state index contributed by atoms with van der Waals surface area (Å²) in [7, 11) is 0. The number of rotatable bonds is 56. The molecule has 0 amide bonds. The third-order valence-corrected chi connectivity index (χ3v) is 13.7. The van der Waals surface area contributed by atoms with Crippen LogP contribution in [-0.2, 0) is 28.6 Å². The summed E-state index contributed by atoms with van der Waals surface area (Å²) in [5, 5.41) is 0. The Kier molecular flexibility index (Phi) is 55.7. The highest BCUT2D eigenvalue weighted by Gasteiger charge is 2.19. The van der Waals surface area contributed by atoms with Gasteiger partial charge in [0.05, 0.1) is 0 Å². The molecule has 0 aliphatic rings. The first-order valence-corrected chi connectivity index (χ1v) is 30.3. The average molecular weight is 958 g/mol. The summed E-state index contributed by atoms with van der Waals surface area (Å²) < 4.78 is 16.9. The van der Waals surface area contributed by atoms with E-state index in [4.69, 9.17) is 14.2 Å². The van der Waals surface area contributed by atoms with Crippen LogP contribution in [0.15, 0.2) is 24.3 Å². The van der Waals surface area contributed by atoms with Crippen LogP contribution in [0.5, 0.6) is 0 Å². The van der Waals surface area contributed by atoms with E-state index in [1.165, 1.54) is 225 Å². The zero-order chi connectivity index (χ0) is 49.3. The average Bonchev–Trinajstić information content (AvgIpc) is 3.34. The molecule has 0 rings (SSSR count). The van der Waals surface area contributed by atoms with Crippen molar-refractivity contribution in [3.05, 3.63) is 24.3 Å². The molecular weight excluding hydrogens is 841 g/mol. The molecule has 0 spiro atoms. The molecule has 0 aromatic carbocycles. The van der Waals surface area contributed by atoms with Crippen LogP contribution in [-0.4, -0.2) is 37.2 Å². The number of ether oxygens (including phenoxy) is 3. The second-order valence-corrected chi connectivity index (χ2v) is 20.6. The summed E-state index contributed by atoms with van der Waals surface area (Å²) in [4.78, 5) is 38.1. The van der Waals surface area contributed by atoms with E-state index in [0.29, 0.717) is 19.3 Å². The zero-order valence-corrected chi connectivity index (χ0v) is 45.9. The fourth-order valence-corrected chi connectivity index (χ4v) is 9.08. The minimum Gasteiger partial charge on any atom is -0.462 e. The second kappa shape index (κ2) is 57.5. The summed E-state index contributed by atoms with van der Waals surface area (Å²) in [5.74, 6) is -0.871. The predicted molar refractivity (Wildman–Crippen MR) is 293 cm³/mol. The van der Waals surface area contributed by atoms with Gasteiger partial charge in [-0.25, -0.2) is 0 Å². The Morgan fingerprint density at radius 2 is 0.485 bits per heavy atom. The smallest absolute Gasteiger partial charge is 0.306 e. The van der Waals surface area contributed by atoms with Crippen molar-refractivity contribution in [1.29, 1.82) is 0 Å². The SMILES string of the molecule is CCCCCC/C=C\CCCCCCCC(=O)OCC(COC(=O)CCCCCCCCCCCCCCCCCCCCCCCCCC)OC(=O)CCCCCCC/C=C\CCCCCC. The van der Waals surface area contributed by atoms with Gasteiger partial charge in [-0.1, -0.05) is 270 Å². The van der Waals surface area contributed by atoms with Crippen molar-refractivity contribution in [3.8, 4) is 0 Å². The lowest BCUT2D eigenvalue weighted by Crippen LogP contribution is -2.30. The Bertz CT molecular complexity index is 1100. The number of allylic oxidation sites excluding steroid dienone is 4. The van der Waals surface area contributed by atoms with Crippen LogP contribution >= 0.6 is 0 Å². The fraction of sp³-hybridized carbons (Fsp3) is 0.887. The van der Waals surface area contributed by atoms with Crippen LogP contribution in [0.4, 0.5) is 0 Å². The Hall–Kier alpha value is -2.11. The molecule has 0 aromatic heterocycles. The highest BCUT2D eigenvalue weighted by atomic mass is 16.6. The summed E-state index contributed by atoms with van der Waals surface area (Å²) in [6, 6.07) is 0. The molecule has 0 aromatic rings. The van der Waals surface area contributed by atoms with Crippen molar-refractivity contribution in [2.45, 2.75) is 341 Å². The standard InChI is InChI=1S/C62H116O6/c1-4-7-10-13-16-19-22-25-26-27-28-29-30-31-32-33-34-35-38-40-43-46-49-52-55-61(64)67-58-59(68-62(65)56-53-50-47-44-41-37-24-21-18-15-12-9-6-3)57-66-60(63)54-51-48-45-42-39-36-23-20-17-14-11-8-5-2/h20-21,23-24,59H,4-19,22,25-58H2,1-3H3/b23-20-,24-21-. The van der Waals surface area contributed by atoms with Crippen molar-refractivity contribution in [2.24, 2.45) is 0 Å². The Morgan fingerprint density at radius 1 is 0.279 bits per heavy atom. The molecule has 0 saturated carbocycles. The van der Waals surface area contributed by atoms with Gasteiger partial charge in [-0.2, -0.15) is 0 Å². The second-order valence-electron chi connectivity index (χ2n) is 20.6. The Morgan fingerprint density at radius 3 is 0.750 bits per heavy atom. The first-order chi connectivity index (χ1) is 33.5. The molecule has 400 valence electrons. The fourth-order valence-electron chi connectivity index (χ4n) is 9.08. The van der Waals surface area contributed by atoms with Crippen LogP contribution < -0.4 is 0 Å². The van der Waals surface area contributed by atoms with Gasteiger partial charge < -0.3 is 14.2 Å². The third-order valence-electron chi connectivity index (χ3n) is 13.7. The molecule has 0 aliphatic heterocycles. The maximum absolute atomic E-state index is 12.8. The summed E-state index contributed by atoms with van der Waals surface area (Å²) in [6.07, 6.45) is 67.6. The van der Waals surface area contributed by atoms with Crippen LogP contribution in [0, 0.1) is 0 Å². The first-order valence-electron chi connectivity index (χ1n) is 30.3. The van der Waals surface area contributed by atoms with Crippen molar-refractivity contribution >= 4 is 17.9 Å². The van der Waals surface area contributed by atoms with Crippen LogP contribution in [0.25, 0.3) is 0 Å². The molecular formula is C62H116O6. The number of unbranched alkanes of at least 4 members (excludes halogenated alkanes) is 41. The minimum absolute atomic E-state index is 0.0729. The first kappa shape index (κ1) is 65.9. The monoisotopic (exact) mass is 957 g/mol. The lowest BCUT2D eigenvalue weighted by molar-refractivity contribution is -0.167. The van der Waals surface area contributed by atoms with Crippen molar-refractivity contribution in [1.82, 2.24) is 0 Å². The molecule has 1 unspecified atom stereocenters. The highest BCUT2D eigenvalue weighted by molar-refractivity contribution is 5.71. The molecule has 6 nitrogen and oxygen atoms in total.